The van der Waals surface area contributed by atoms with Crippen molar-refractivity contribution in [1.29, 1.82) is 0 Å². The first-order valence-electron chi connectivity index (χ1n) is 5.47. The van der Waals surface area contributed by atoms with Gasteiger partial charge in [0, 0.05) is 10.9 Å². The minimum Gasteiger partial charge on any atom is -0.466 e. The number of esters is 1. The van der Waals surface area contributed by atoms with Gasteiger partial charge in [-0.05, 0) is 25.1 Å². The highest BCUT2D eigenvalue weighted by atomic mass is 79.9. The van der Waals surface area contributed by atoms with E-state index in [0.717, 1.165) is 4.47 Å². The zero-order valence-electron chi connectivity index (χ0n) is 9.44. The van der Waals surface area contributed by atoms with Gasteiger partial charge in [-0.25, -0.2) is 0 Å². The first-order valence-corrected chi connectivity index (χ1v) is 6.27. The first-order chi connectivity index (χ1) is 8.19. The Balaban J connectivity index is 1.86. The van der Waals surface area contributed by atoms with Gasteiger partial charge in [-0.2, -0.15) is 0 Å². The van der Waals surface area contributed by atoms with Crippen LogP contribution in [0.5, 0.6) is 11.5 Å². The number of rotatable bonds is 4. The molecule has 1 aliphatic rings. The maximum absolute atomic E-state index is 11.2. The van der Waals surface area contributed by atoms with E-state index in [4.69, 9.17) is 14.2 Å². The molecule has 0 aromatic heterocycles. The number of ether oxygens (including phenoxy) is 3. The van der Waals surface area contributed by atoms with Gasteiger partial charge in [0.25, 0.3) is 0 Å². The van der Waals surface area contributed by atoms with Crippen LogP contribution < -0.4 is 9.47 Å². The van der Waals surface area contributed by atoms with Crippen LogP contribution in [0.1, 0.15) is 19.8 Å². The molecule has 0 N–H and O–H groups in total. The highest BCUT2D eigenvalue weighted by Gasteiger charge is 2.24. The van der Waals surface area contributed by atoms with E-state index in [1.807, 2.05) is 18.2 Å². The molecule has 5 heteroatoms. The van der Waals surface area contributed by atoms with Crippen LogP contribution in [0.3, 0.4) is 0 Å². The van der Waals surface area contributed by atoms with E-state index in [-0.39, 0.29) is 5.97 Å². The summed E-state index contributed by atoms with van der Waals surface area (Å²) in [6.07, 6.45) is 0.391. The van der Waals surface area contributed by atoms with Crippen LogP contribution in [0.4, 0.5) is 0 Å². The summed E-state index contributed by atoms with van der Waals surface area (Å²) >= 11 is 3.36. The summed E-state index contributed by atoms with van der Waals surface area (Å²) in [5.41, 5.74) is 0. The van der Waals surface area contributed by atoms with Gasteiger partial charge in [0.1, 0.15) is 0 Å². The Morgan fingerprint density at radius 1 is 1.41 bits per heavy atom. The monoisotopic (exact) mass is 300 g/mol. The summed E-state index contributed by atoms with van der Waals surface area (Å²) in [5.74, 6) is 1.19. The van der Waals surface area contributed by atoms with Crippen molar-refractivity contribution in [3.8, 4) is 11.5 Å². The summed E-state index contributed by atoms with van der Waals surface area (Å²) in [4.78, 5) is 11.2. The molecule has 1 aromatic carbocycles. The summed E-state index contributed by atoms with van der Waals surface area (Å²) in [5, 5.41) is 0. The fraction of sp³-hybridized carbons (Fsp3) is 0.417. The molecule has 1 heterocycles. The van der Waals surface area contributed by atoms with E-state index in [1.54, 1.807) is 6.92 Å². The molecule has 1 aromatic rings. The molecular weight excluding hydrogens is 288 g/mol. The molecule has 1 unspecified atom stereocenters. The van der Waals surface area contributed by atoms with Crippen molar-refractivity contribution in [2.45, 2.75) is 26.1 Å². The largest absolute Gasteiger partial charge is 0.466 e. The molecular formula is C12H13BrO4. The van der Waals surface area contributed by atoms with Crippen LogP contribution in [-0.2, 0) is 9.53 Å². The second kappa shape index (κ2) is 5.40. The van der Waals surface area contributed by atoms with Gasteiger partial charge in [0.15, 0.2) is 11.5 Å². The van der Waals surface area contributed by atoms with Crippen LogP contribution in [0.25, 0.3) is 0 Å². The van der Waals surface area contributed by atoms with Crippen molar-refractivity contribution in [1.82, 2.24) is 0 Å². The SMILES string of the molecule is CCOC(=O)CCC1Oc2ccc(Br)cc2O1. The van der Waals surface area contributed by atoms with E-state index >= 15 is 0 Å². The molecule has 92 valence electrons. The number of halogens is 1. The van der Waals surface area contributed by atoms with Gasteiger partial charge in [-0.15, -0.1) is 0 Å². The average molecular weight is 301 g/mol. The van der Waals surface area contributed by atoms with Gasteiger partial charge in [0.2, 0.25) is 6.29 Å². The zero-order chi connectivity index (χ0) is 12.3. The topological polar surface area (TPSA) is 44.8 Å². The Labute approximate surface area is 108 Å². The fourth-order valence-corrected chi connectivity index (χ4v) is 1.91. The smallest absolute Gasteiger partial charge is 0.306 e. The third-order valence-electron chi connectivity index (χ3n) is 2.31. The van der Waals surface area contributed by atoms with Gasteiger partial charge in [-0.1, -0.05) is 15.9 Å². The summed E-state index contributed by atoms with van der Waals surface area (Å²) in [6, 6.07) is 5.57. The van der Waals surface area contributed by atoms with Crippen molar-refractivity contribution in [3.05, 3.63) is 22.7 Å². The Bertz CT molecular complexity index is 419. The predicted molar refractivity (Wildman–Crippen MR) is 65.1 cm³/mol. The third kappa shape index (κ3) is 3.12. The van der Waals surface area contributed by atoms with E-state index < -0.39 is 6.29 Å². The molecule has 1 aliphatic heterocycles. The quantitative estimate of drug-likeness (QED) is 0.802. The zero-order valence-corrected chi connectivity index (χ0v) is 11.0. The van der Waals surface area contributed by atoms with Crippen molar-refractivity contribution < 1.29 is 19.0 Å². The highest BCUT2D eigenvalue weighted by Crippen LogP contribution is 2.37. The van der Waals surface area contributed by atoms with E-state index in [9.17, 15) is 4.79 Å². The number of carbonyl (C=O) groups excluding carboxylic acids is 1. The number of fused-ring (bicyclic) bond motifs is 1. The van der Waals surface area contributed by atoms with Crippen molar-refractivity contribution in [2.24, 2.45) is 0 Å². The minimum absolute atomic E-state index is 0.225. The molecule has 2 rings (SSSR count). The van der Waals surface area contributed by atoms with Gasteiger partial charge >= 0.3 is 5.97 Å². The Morgan fingerprint density at radius 3 is 2.94 bits per heavy atom. The lowest BCUT2D eigenvalue weighted by atomic mass is 10.3. The highest BCUT2D eigenvalue weighted by molar-refractivity contribution is 9.10. The van der Waals surface area contributed by atoms with Gasteiger partial charge < -0.3 is 14.2 Å². The van der Waals surface area contributed by atoms with E-state index in [2.05, 4.69) is 15.9 Å². The molecule has 0 bridgehead atoms. The molecule has 0 amide bonds. The number of hydrogen-bond donors (Lipinski definition) is 0. The van der Waals surface area contributed by atoms with Crippen molar-refractivity contribution in [3.63, 3.8) is 0 Å². The molecule has 0 spiro atoms. The predicted octanol–water partition coefficient (Wildman–Crippen LogP) is 2.89. The summed E-state index contributed by atoms with van der Waals surface area (Å²) < 4.78 is 16.9. The molecule has 0 saturated heterocycles. The lowest BCUT2D eigenvalue weighted by Gasteiger charge is -2.09. The molecule has 0 fully saturated rings. The molecule has 0 saturated carbocycles. The Kier molecular flexibility index (Phi) is 3.89. The normalized spacial score (nSPS) is 16.9. The van der Waals surface area contributed by atoms with Gasteiger partial charge in [-0.3, -0.25) is 4.79 Å². The lowest BCUT2D eigenvalue weighted by Crippen LogP contribution is -2.19. The molecule has 17 heavy (non-hydrogen) atoms. The first kappa shape index (κ1) is 12.2. The molecule has 0 radical (unpaired) electrons. The maximum atomic E-state index is 11.2. The number of hydrogen-bond acceptors (Lipinski definition) is 4. The van der Waals surface area contributed by atoms with Crippen molar-refractivity contribution >= 4 is 21.9 Å². The van der Waals surface area contributed by atoms with Gasteiger partial charge in [0.05, 0.1) is 13.0 Å². The molecule has 4 nitrogen and oxygen atoms in total. The van der Waals surface area contributed by atoms with E-state index in [1.165, 1.54) is 0 Å². The second-order valence-corrected chi connectivity index (χ2v) is 4.52. The van der Waals surface area contributed by atoms with Crippen LogP contribution in [0.2, 0.25) is 0 Å². The number of benzene rings is 1. The number of carbonyl (C=O) groups is 1. The van der Waals surface area contributed by atoms with Crippen molar-refractivity contribution in [2.75, 3.05) is 6.61 Å². The van der Waals surface area contributed by atoms with Crippen LogP contribution in [0, 0.1) is 0 Å². The summed E-state index contributed by atoms with van der Waals surface area (Å²) in [7, 11) is 0. The maximum Gasteiger partial charge on any atom is 0.306 e. The standard InChI is InChI=1S/C12H13BrO4/c1-2-15-11(14)5-6-12-16-9-4-3-8(13)7-10(9)17-12/h3-4,7,12H,2,5-6H2,1H3. The Hall–Kier alpha value is -1.23. The second-order valence-electron chi connectivity index (χ2n) is 3.60. The Morgan fingerprint density at radius 2 is 2.18 bits per heavy atom. The fourth-order valence-electron chi connectivity index (χ4n) is 1.57. The average Bonchev–Trinajstić information content (AvgIpc) is 2.68. The summed E-state index contributed by atoms with van der Waals surface area (Å²) in [6.45, 7) is 2.19. The minimum atomic E-state index is -0.399. The van der Waals surface area contributed by atoms with Crippen LogP contribution >= 0.6 is 15.9 Å². The third-order valence-corrected chi connectivity index (χ3v) is 2.81. The molecule has 1 atom stereocenters. The van der Waals surface area contributed by atoms with Crippen LogP contribution in [-0.4, -0.2) is 18.9 Å². The molecule has 0 aliphatic carbocycles. The van der Waals surface area contributed by atoms with E-state index in [0.29, 0.717) is 30.9 Å². The van der Waals surface area contributed by atoms with Crippen LogP contribution in [0.15, 0.2) is 22.7 Å². The lowest BCUT2D eigenvalue weighted by molar-refractivity contribution is -0.144.